The van der Waals surface area contributed by atoms with Crippen molar-refractivity contribution in [3.05, 3.63) is 178 Å². The molecule has 3 heterocycles. The monoisotopic (exact) mass is 845 g/mol. The van der Waals surface area contributed by atoms with E-state index < -0.39 is 14.5 Å². The van der Waals surface area contributed by atoms with Gasteiger partial charge in [-0.1, -0.05) is 108 Å². The van der Waals surface area contributed by atoms with Crippen LogP contribution in [0.1, 0.15) is 51.7 Å². The van der Waals surface area contributed by atoms with Crippen molar-refractivity contribution in [2.24, 2.45) is 0 Å². The molecule has 2 aromatic heterocycles. The zero-order valence-electron chi connectivity index (χ0n) is 35.5. The van der Waals surface area contributed by atoms with Crippen molar-refractivity contribution >= 4 is 36.0 Å². The summed E-state index contributed by atoms with van der Waals surface area (Å²) < 4.78 is 35.4. The average Bonchev–Trinajstić information content (AvgIpc) is 3.38. The predicted molar refractivity (Wildman–Crippen MR) is 250 cm³/mol. The van der Waals surface area contributed by atoms with Crippen molar-refractivity contribution in [3.63, 3.8) is 0 Å². The maximum atomic E-state index is 14.8. The lowest BCUT2D eigenvalue weighted by atomic mass is 10.1. The summed E-state index contributed by atoms with van der Waals surface area (Å²) in [6.45, 7) is 13.9. The number of benzene rings is 4. The summed E-state index contributed by atoms with van der Waals surface area (Å²) in [4.78, 5) is 14.9. The number of nitrogens with zero attached hydrogens (tertiary/aromatic N) is 4. The van der Waals surface area contributed by atoms with Gasteiger partial charge in [0.15, 0.2) is 7.14 Å². The summed E-state index contributed by atoms with van der Waals surface area (Å²) in [5.74, 6) is 13.3. The predicted octanol–water partition coefficient (Wildman–Crippen LogP) is 7.01. The summed E-state index contributed by atoms with van der Waals surface area (Å²) in [6, 6.07) is 43.0. The Hall–Kier alpha value is -5.40. The molecule has 1 aliphatic heterocycles. The molecule has 0 radical (unpaired) electrons. The number of nitrogens with one attached hydrogen (secondary N) is 1. The molecule has 6 aromatic rings. The van der Waals surface area contributed by atoms with Gasteiger partial charge in [-0.3, -0.25) is 14.4 Å². The Morgan fingerprint density at radius 3 is 1.51 bits per heavy atom. The Kier molecular flexibility index (Phi) is 14.6. The summed E-state index contributed by atoms with van der Waals surface area (Å²) in [5.41, 5.74) is 8.25. The zero-order valence-corrected chi connectivity index (χ0v) is 37.3. The molecule has 0 aliphatic carbocycles. The molecule has 1 fully saturated rings. The Morgan fingerprint density at radius 2 is 1.02 bits per heavy atom. The summed E-state index contributed by atoms with van der Waals surface area (Å²) in [6.07, 6.45) is 0. The lowest BCUT2D eigenvalue weighted by Gasteiger charge is -2.26. The quantitative estimate of drug-likeness (QED) is 0.117. The molecule has 1 aliphatic rings. The van der Waals surface area contributed by atoms with Crippen molar-refractivity contribution in [1.29, 1.82) is 0 Å². The fraction of sp³-hybridized carbons (Fsp3) is 0.255. The summed E-state index contributed by atoms with van der Waals surface area (Å²) in [5, 5.41) is 4.99. The lowest BCUT2D eigenvalue weighted by molar-refractivity contribution is 0.207. The van der Waals surface area contributed by atoms with Gasteiger partial charge in [-0.15, -0.1) is 0 Å². The van der Waals surface area contributed by atoms with Gasteiger partial charge in [0.1, 0.15) is 10.9 Å². The van der Waals surface area contributed by atoms with Crippen LogP contribution in [0.2, 0.25) is 0 Å². The molecule has 61 heavy (non-hydrogen) atoms. The van der Waals surface area contributed by atoms with E-state index >= 15 is 0 Å². The molecular formula is C51H53N5O3P2. The third kappa shape index (κ3) is 11.7. The highest BCUT2D eigenvalue weighted by atomic mass is 31.2. The molecule has 0 saturated carbocycles. The standard InChI is InChI=1S/C51H53N5O3P2/c1-5-59-61(58,49-14-10-7-11-15-49)51-37-45(27-25-43-22-18-41(3)19-23-43)35-47(54-51)39-56-31-29-52-28-30-55(32-33-56)38-46-34-44(26-24-42-20-16-40(2)17-21-42)36-50(53-46)60(4,57)48-12-8-6-9-13-48/h6-23,34-37,52H,5,28-33,38-39H2,1-4H3. The minimum absolute atomic E-state index is 0.275. The van der Waals surface area contributed by atoms with Gasteiger partial charge in [-0.05, 0) is 88.1 Å². The molecule has 0 bridgehead atoms. The Morgan fingerprint density at radius 1 is 0.574 bits per heavy atom. The van der Waals surface area contributed by atoms with E-state index in [1.54, 1.807) is 6.66 Å². The molecular weight excluding hydrogens is 793 g/mol. The van der Waals surface area contributed by atoms with Gasteiger partial charge >= 0.3 is 0 Å². The second-order valence-corrected chi connectivity index (χ2v) is 20.7. The maximum Gasteiger partial charge on any atom is 0.279 e. The van der Waals surface area contributed by atoms with E-state index in [4.69, 9.17) is 14.5 Å². The first-order valence-corrected chi connectivity index (χ1v) is 24.6. The number of aryl methyl sites for hydroxylation is 2. The Bertz CT molecular complexity index is 2650. The van der Waals surface area contributed by atoms with Crippen LogP contribution in [0.15, 0.2) is 133 Å². The molecule has 2 atom stereocenters. The Balaban J connectivity index is 1.17. The van der Waals surface area contributed by atoms with Gasteiger partial charge in [0.2, 0.25) is 0 Å². The number of hydrogen-bond acceptors (Lipinski definition) is 8. The zero-order chi connectivity index (χ0) is 42.7. The highest BCUT2D eigenvalue weighted by Gasteiger charge is 2.31. The summed E-state index contributed by atoms with van der Waals surface area (Å²) in [7, 11) is -6.54. The topological polar surface area (TPSA) is 87.7 Å². The van der Waals surface area contributed by atoms with E-state index in [2.05, 4.69) is 64.8 Å². The van der Waals surface area contributed by atoms with Gasteiger partial charge in [-0.25, -0.2) is 9.97 Å². The molecule has 1 N–H and O–H groups in total. The van der Waals surface area contributed by atoms with Crippen LogP contribution in [-0.2, 0) is 26.7 Å². The molecule has 1 saturated heterocycles. The average molecular weight is 846 g/mol. The van der Waals surface area contributed by atoms with Gasteiger partial charge in [0, 0.05) is 85.2 Å². The molecule has 4 aromatic carbocycles. The minimum Gasteiger partial charge on any atom is -0.321 e. The van der Waals surface area contributed by atoms with Crippen molar-refractivity contribution in [2.75, 3.05) is 52.5 Å². The second kappa shape index (κ2) is 20.4. The van der Waals surface area contributed by atoms with E-state index in [-0.39, 0.29) is 6.61 Å². The van der Waals surface area contributed by atoms with Crippen LogP contribution in [0.5, 0.6) is 0 Å². The SMILES string of the molecule is CCOP(=O)(c1ccccc1)c1cc(C#Cc2ccc(C)cc2)cc(CN2CCNCCN(Cc3cc(C#Cc4ccc(C)cc4)cc(P(C)(=O)c4ccccc4)n3)CC2)n1. The van der Waals surface area contributed by atoms with Gasteiger partial charge in [0.25, 0.3) is 7.37 Å². The smallest absolute Gasteiger partial charge is 0.279 e. The minimum atomic E-state index is -3.52. The van der Waals surface area contributed by atoms with E-state index in [0.717, 1.165) is 78.2 Å². The van der Waals surface area contributed by atoms with E-state index in [9.17, 15) is 9.13 Å². The largest absolute Gasteiger partial charge is 0.321 e. The van der Waals surface area contributed by atoms with Crippen molar-refractivity contribution in [2.45, 2.75) is 33.9 Å². The van der Waals surface area contributed by atoms with Crippen LogP contribution in [0.3, 0.4) is 0 Å². The fourth-order valence-corrected chi connectivity index (χ4v) is 10.9. The first-order chi connectivity index (χ1) is 29.6. The normalized spacial score (nSPS) is 15.7. The molecule has 0 spiro atoms. The van der Waals surface area contributed by atoms with Crippen LogP contribution in [-0.4, -0.2) is 72.3 Å². The van der Waals surface area contributed by atoms with Crippen LogP contribution in [0, 0.1) is 37.5 Å². The highest BCUT2D eigenvalue weighted by Crippen LogP contribution is 2.44. The van der Waals surface area contributed by atoms with Crippen LogP contribution in [0.25, 0.3) is 0 Å². The van der Waals surface area contributed by atoms with Crippen molar-refractivity contribution in [3.8, 4) is 23.7 Å². The molecule has 310 valence electrons. The molecule has 0 amide bonds. The fourth-order valence-electron chi connectivity index (χ4n) is 7.19. The number of hydrogen-bond donors (Lipinski definition) is 1. The third-order valence-electron chi connectivity index (χ3n) is 10.6. The van der Waals surface area contributed by atoms with Gasteiger partial charge < -0.3 is 14.4 Å². The number of rotatable bonds is 10. The molecule has 7 rings (SSSR count). The highest BCUT2D eigenvalue weighted by molar-refractivity contribution is 7.77. The molecule has 10 heteroatoms. The number of aromatic nitrogens is 2. The van der Waals surface area contributed by atoms with Crippen LogP contribution < -0.4 is 26.8 Å². The number of pyridine rings is 2. The van der Waals surface area contributed by atoms with E-state index in [0.29, 0.717) is 29.3 Å². The third-order valence-corrected chi connectivity index (χ3v) is 15.5. The molecule has 8 nitrogen and oxygen atoms in total. The first kappa shape index (κ1) is 43.7. The Labute approximate surface area is 361 Å². The van der Waals surface area contributed by atoms with E-state index in [1.807, 2.05) is 128 Å². The second-order valence-electron chi connectivity index (χ2n) is 15.5. The molecule has 2 unspecified atom stereocenters. The lowest BCUT2D eigenvalue weighted by Crippen LogP contribution is -2.36. The maximum absolute atomic E-state index is 14.8. The van der Waals surface area contributed by atoms with Gasteiger partial charge in [0.05, 0.1) is 18.0 Å². The van der Waals surface area contributed by atoms with E-state index in [1.165, 1.54) is 11.1 Å². The summed E-state index contributed by atoms with van der Waals surface area (Å²) >= 11 is 0. The van der Waals surface area contributed by atoms with Crippen molar-refractivity contribution in [1.82, 2.24) is 25.1 Å². The van der Waals surface area contributed by atoms with Crippen LogP contribution in [0.4, 0.5) is 0 Å². The first-order valence-electron chi connectivity index (χ1n) is 20.9. The van der Waals surface area contributed by atoms with Crippen LogP contribution >= 0.6 is 14.5 Å². The van der Waals surface area contributed by atoms with Crippen molar-refractivity contribution < 1.29 is 13.7 Å². The van der Waals surface area contributed by atoms with Gasteiger partial charge in [-0.2, -0.15) is 0 Å².